The highest BCUT2D eigenvalue weighted by molar-refractivity contribution is 6.18. The van der Waals surface area contributed by atoms with E-state index in [1.807, 2.05) is 12.1 Å². The van der Waals surface area contributed by atoms with Gasteiger partial charge in [0.05, 0.1) is 11.4 Å². The molecule has 0 saturated heterocycles. The minimum Gasteiger partial charge on any atom is -0.456 e. The molecule has 0 aliphatic heterocycles. The lowest BCUT2D eigenvalue weighted by Crippen LogP contribution is -2.11. The molecule has 0 radical (unpaired) electrons. The van der Waals surface area contributed by atoms with Crippen molar-refractivity contribution in [1.82, 2.24) is 0 Å². The zero-order valence-corrected chi connectivity index (χ0v) is 23.2. The summed E-state index contributed by atoms with van der Waals surface area (Å²) in [4.78, 5) is 2.33. The second kappa shape index (κ2) is 9.37. The van der Waals surface area contributed by atoms with Crippen LogP contribution in [-0.4, -0.2) is 0 Å². The lowest BCUT2D eigenvalue weighted by atomic mass is 10.0. The fraction of sp³-hybridized carbons (Fsp3) is 0. The summed E-state index contributed by atoms with van der Waals surface area (Å²) >= 11 is 0. The smallest absolute Gasteiger partial charge is 0.159 e. The van der Waals surface area contributed by atoms with E-state index in [1.54, 1.807) is 0 Å². The van der Waals surface area contributed by atoms with Crippen LogP contribution >= 0.6 is 0 Å². The summed E-state index contributed by atoms with van der Waals surface area (Å²) in [5.74, 6) is 0. The van der Waals surface area contributed by atoms with Gasteiger partial charge in [-0.15, -0.1) is 0 Å². The van der Waals surface area contributed by atoms with E-state index in [4.69, 9.17) is 8.83 Å². The summed E-state index contributed by atoms with van der Waals surface area (Å²) in [7, 11) is 0. The number of hydrogen-bond acceptors (Lipinski definition) is 3. The quantitative estimate of drug-likeness (QED) is 0.218. The molecule has 0 saturated carbocycles. The van der Waals surface area contributed by atoms with Crippen LogP contribution in [0.25, 0.3) is 65.8 Å². The molecule has 0 bridgehead atoms. The Hall–Kier alpha value is -5.80. The van der Waals surface area contributed by atoms with Gasteiger partial charge in [-0.05, 0) is 53.4 Å². The number of para-hydroxylation sites is 3. The van der Waals surface area contributed by atoms with Gasteiger partial charge in [0.2, 0.25) is 0 Å². The van der Waals surface area contributed by atoms with E-state index in [9.17, 15) is 0 Å². The number of furan rings is 2. The van der Waals surface area contributed by atoms with E-state index in [-0.39, 0.29) is 0 Å². The number of nitrogens with zero attached hydrogens (tertiary/aromatic N) is 1. The van der Waals surface area contributed by atoms with Gasteiger partial charge in [0, 0.05) is 38.2 Å². The highest BCUT2D eigenvalue weighted by Crippen LogP contribution is 2.47. The zero-order chi connectivity index (χ0) is 28.3. The van der Waals surface area contributed by atoms with E-state index in [1.165, 1.54) is 5.39 Å². The predicted octanol–water partition coefficient (Wildman–Crippen LogP) is 11.8. The number of fused-ring (bicyclic) bond motifs is 8. The Kier molecular flexibility index (Phi) is 5.20. The number of benzene rings is 7. The first-order chi connectivity index (χ1) is 21.3. The first-order valence-corrected chi connectivity index (χ1v) is 14.5. The minimum absolute atomic E-state index is 0.855. The van der Waals surface area contributed by atoms with Crippen LogP contribution in [0.4, 0.5) is 17.1 Å². The van der Waals surface area contributed by atoms with E-state index >= 15 is 0 Å². The maximum absolute atomic E-state index is 6.85. The Morgan fingerprint density at radius 2 is 1.09 bits per heavy atom. The van der Waals surface area contributed by atoms with Crippen LogP contribution in [0.3, 0.4) is 0 Å². The second-order valence-corrected chi connectivity index (χ2v) is 10.9. The summed E-state index contributed by atoms with van der Waals surface area (Å²) in [6.07, 6.45) is 0. The summed E-state index contributed by atoms with van der Waals surface area (Å²) in [5, 5.41) is 6.67. The standard InChI is InChI=1S/C40H25NO2/c1-2-11-26(12-3-1)29-14-6-8-18-35(29)41(28-22-24-38-34(25-28)31-16-7-9-20-37(31)42-38)36-19-10-17-32-33-23-21-27-13-4-5-15-30(27)39(33)43-40(32)36/h1-25H. The molecule has 0 aliphatic carbocycles. The molecule has 202 valence electrons. The first kappa shape index (κ1) is 23.9. The van der Waals surface area contributed by atoms with Gasteiger partial charge in [0.15, 0.2) is 5.58 Å². The average Bonchev–Trinajstić information content (AvgIpc) is 3.65. The average molecular weight is 552 g/mol. The van der Waals surface area contributed by atoms with E-state index in [0.717, 1.165) is 77.5 Å². The molecule has 0 amide bonds. The predicted molar refractivity (Wildman–Crippen MR) is 179 cm³/mol. The Bertz CT molecular complexity index is 2470. The van der Waals surface area contributed by atoms with Crippen molar-refractivity contribution in [3.05, 3.63) is 152 Å². The molecule has 2 heterocycles. The summed E-state index contributed by atoms with van der Waals surface area (Å²) < 4.78 is 13.1. The SMILES string of the molecule is c1ccc(-c2ccccc2N(c2ccc3oc4ccccc4c3c2)c2cccc3c2oc2c4ccccc4ccc32)cc1. The van der Waals surface area contributed by atoms with Gasteiger partial charge in [-0.25, -0.2) is 0 Å². The Balaban J connectivity index is 1.37. The Labute approximate surface area is 247 Å². The van der Waals surface area contributed by atoms with Crippen LogP contribution in [0.15, 0.2) is 160 Å². The first-order valence-electron chi connectivity index (χ1n) is 14.5. The molecule has 2 aromatic heterocycles. The van der Waals surface area contributed by atoms with Gasteiger partial charge >= 0.3 is 0 Å². The second-order valence-electron chi connectivity index (χ2n) is 10.9. The molecule has 0 fully saturated rings. The van der Waals surface area contributed by atoms with Crippen molar-refractivity contribution in [2.45, 2.75) is 0 Å². The third-order valence-electron chi connectivity index (χ3n) is 8.46. The van der Waals surface area contributed by atoms with E-state index in [2.05, 4.69) is 144 Å². The van der Waals surface area contributed by atoms with Crippen molar-refractivity contribution in [2.24, 2.45) is 0 Å². The Morgan fingerprint density at radius 1 is 0.395 bits per heavy atom. The molecule has 0 aliphatic rings. The van der Waals surface area contributed by atoms with Crippen LogP contribution < -0.4 is 4.90 Å². The zero-order valence-electron chi connectivity index (χ0n) is 23.2. The fourth-order valence-electron chi connectivity index (χ4n) is 6.48. The highest BCUT2D eigenvalue weighted by Gasteiger charge is 2.23. The minimum atomic E-state index is 0.855. The summed E-state index contributed by atoms with van der Waals surface area (Å²) in [6.45, 7) is 0. The van der Waals surface area contributed by atoms with Crippen LogP contribution in [0, 0.1) is 0 Å². The molecule has 3 heteroatoms. The summed E-state index contributed by atoms with van der Waals surface area (Å²) in [5.41, 5.74) is 8.89. The third-order valence-corrected chi connectivity index (χ3v) is 8.46. The van der Waals surface area contributed by atoms with Gasteiger partial charge in [-0.3, -0.25) is 0 Å². The van der Waals surface area contributed by atoms with Crippen LogP contribution in [0.5, 0.6) is 0 Å². The molecule has 43 heavy (non-hydrogen) atoms. The third kappa shape index (κ3) is 3.68. The number of rotatable bonds is 4. The molecule has 3 nitrogen and oxygen atoms in total. The van der Waals surface area contributed by atoms with Crippen molar-refractivity contribution < 1.29 is 8.83 Å². The van der Waals surface area contributed by atoms with Gasteiger partial charge in [-0.2, -0.15) is 0 Å². The lowest BCUT2D eigenvalue weighted by Gasteiger charge is -2.28. The molecular formula is C40H25NO2. The summed E-state index contributed by atoms with van der Waals surface area (Å²) in [6, 6.07) is 53.1. The maximum Gasteiger partial charge on any atom is 0.159 e. The highest BCUT2D eigenvalue weighted by atomic mass is 16.3. The maximum atomic E-state index is 6.85. The van der Waals surface area contributed by atoms with Gasteiger partial charge in [0.25, 0.3) is 0 Å². The molecular weight excluding hydrogens is 526 g/mol. The van der Waals surface area contributed by atoms with Crippen molar-refractivity contribution in [2.75, 3.05) is 4.90 Å². The number of hydrogen-bond donors (Lipinski definition) is 0. The van der Waals surface area contributed by atoms with Gasteiger partial charge in [-0.1, -0.05) is 109 Å². The van der Waals surface area contributed by atoms with Crippen LogP contribution in [0.1, 0.15) is 0 Å². The molecule has 9 aromatic rings. The molecule has 0 atom stereocenters. The molecule has 0 unspecified atom stereocenters. The Morgan fingerprint density at radius 3 is 2.02 bits per heavy atom. The lowest BCUT2D eigenvalue weighted by molar-refractivity contribution is 0.669. The topological polar surface area (TPSA) is 29.5 Å². The normalized spacial score (nSPS) is 11.7. The van der Waals surface area contributed by atoms with E-state index < -0.39 is 0 Å². The van der Waals surface area contributed by atoms with Crippen molar-refractivity contribution >= 4 is 71.7 Å². The van der Waals surface area contributed by atoms with E-state index in [0.29, 0.717) is 0 Å². The van der Waals surface area contributed by atoms with Crippen LogP contribution in [-0.2, 0) is 0 Å². The van der Waals surface area contributed by atoms with Crippen molar-refractivity contribution in [1.29, 1.82) is 0 Å². The van der Waals surface area contributed by atoms with Gasteiger partial charge < -0.3 is 13.7 Å². The largest absolute Gasteiger partial charge is 0.456 e. The molecule has 7 aromatic carbocycles. The number of anilines is 3. The molecule has 0 N–H and O–H groups in total. The van der Waals surface area contributed by atoms with Gasteiger partial charge in [0.1, 0.15) is 16.7 Å². The molecule has 9 rings (SSSR count). The van der Waals surface area contributed by atoms with Crippen molar-refractivity contribution in [3.8, 4) is 11.1 Å². The fourth-order valence-corrected chi connectivity index (χ4v) is 6.48. The van der Waals surface area contributed by atoms with Crippen LogP contribution in [0.2, 0.25) is 0 Å². The monoisotopic (exact) mass is 551 g/mol. The van der Waals surface area contributed by atoms with Crippen molar-refractivity contribution in [3.63, 3.8) is 0 Å². The molecule has 0 spiro atoms.